The maximum Gasteiger partial charge on any atom is 0.278 e. The lowest BCUT2D eigenvalue weighted by Crippen LogP contribution is -2.04. The first-order chi connectivity index (χ1) is 9.56. The number of hydrogen-bond acceptors (Lipinski definition) is 3. The van der Waals surface area contributed by atoms with E-state index < -0.39 is 0 Å². The van der Waals surface area contributed by atoms with E-state index in [0.717, 1.165) is 16.9 Å². The fraction of sp³-hybridized carbons (Fsp3) is 0.214. The van der Waals surface area contributed by atoms with Crippen LogP contribution in [-0.2, 0) is 13.6 Å². The summed E-state index contributed by atoms with van der Waals surface area (Å²) >= 11 is 0. The van der Waals surface area contributed by atoms with Crippen molar-refractivity contribution in [3.63, 3.8) is 0 Å². The number of benzene rings is 1. The number of rotatable bonds is 3. The summed E-state index contributed by atoms with van der Waals surface area (Å²) in [7, 11) is 1.90. The molecular formula is C14H14N4O2. The molecule has 2 aromatic heterocycles. The van der Waals surface area contributed by atoms with Gasteiger partial charge in [0.05, 0.1) is 33.8 Å². The lowest BCUT2D eigenvalue weighted by molar-refractivity contribution is -0.383. The molecular weight excluding hydrogens is 256 g/mol. The van der Waals surface area contributed by atoms with Crippen LogP contribution in [0.5, 0.6) is 0 Å². The van der Waals surface area contributed by atoms with Crippen molar-refractivity contribution in [1.82, 2.24) is 14.3 Å². The topological polar surface area (TPSA) is 65.9 Å². The van der Waals surface area contributed by atoms with E-state index in [0.29, 0.717) is 11.9 Å². The molecule has 3 aromatic rings. The van der Waals surface area contributed by atoms with Crippen LogP contribution in [0.2, 0.25) is 0 Å². The van der Waals surface area contributed by atoms with Gasteiger partial charge in [-0.05, 0) is 25.1 Å². The van der Waals surface area contributed by atoms with Crippen LogP contribution in [0.25, 0.3) is 10.9 Å². The normalized spacial score (nSPS) is 11.1. The number of fused-ring (bicyclic) bond motifs is 1. The van der Waals surface area contributed by atoms with Gasteiger partial charge in [0.15, 0.2) is 0 Å². The van der Waals surface area contributed by atoms with E-state index in [1.54, 1.807) is 12.1 Å². The van der Waals surface area contributed by atoms with Crippen LogP contribution in [0.3, 0.4) is 0 Å². The second-order valence-electron chi connectivity index (χ2n) is 4.81. The number of aryl methyl sites for hydroxylation is 2. The van der Waals surface area contributed by atoms with Crippen LogP contribution in [-0.4, -0.2) is 19.3 Å². The molecule has 0 atom stereocenters. The zero-order chi connectivity index (χ0) is 14.3. The van der Waals surface area contributed by atoms with Crippen molar-refractivity contribution in [2.75, 3.05) is 0 Å². The lowest BCUT2D eigenvalue weighted by Gasteiger charge is -2.05. The average Bonchev–Trinajstić information content (AvgIpc) is 2.94. The number of non-ortho nitro benzene ring substituents is 1. The minimum atomic E-state index is -0.346. The molecule has 0 N–H and O–H groups in total. The number of nitro benzene ring substituents is 1. The molecule has 6 heteroatoms. The Balaban J connectivity index is 2.07. The van der Waals surface area contributed by atoms with Crippen molar-refractivity contribution in [2.24, 2.45) is 7.05 Å². The van der Waals surface area contributed by atoms with Crippen molar-refractivity contribution in [3.05, 3.63) is 58.0 Å². The van der Waals surface area contributed by atoms with E-state index in [1.807, 2.05) is 41.5 Å². The summed E-state index contributed by atoms with van der Waals surface area (Å²) in [5.74, 6) is 0. The Kier molecular flexibility index (Phi) is 2.78. The Morgan fingerprint density at radius 1 is 1.35 bits per heavy atom. The molecule has 2 heterocycles. The van der Waals surface area contributed by atoms with Gasteiger partial charge in [-0.1, -0.05) is 6.07 Å². The van der Waals surface area contributed by atoms with Crippen molar-refractivity contribution in [2.45, 2.75) is 13.5 Å². The Morgan fingerprint density at radius 3 is 2.80 bits per heavy atom. The van der Waals surface area contributed by atoms with Gasteiger partial charge in [0.25, 0.3) is 5.69 Å². The highest BCUT2D eigenvalue weighted by Crippen LogP contribution is 2.26. The highest BCUT2D eigenvalue weighted by Gasteiger charge is 2.14. The Hall–Kier alpha value is -2.63. The molecule has 0 aliphatic heterocycles. The van der Waals surface area contributed by atoms with Crippen molar-refractivity contribution >= 4 is 16.6 Å². The zero-order valence-corrected chi connectivity index (χ0v) is 11.3. The van der Waals surface area contributed by atoms with Crippen LogP contribution >= 0.6 is 0 Å². The van der Waals surface area contributed by atoms with Gasteiger partial charge in [-0.15, -0.1) is 0 Å². The lowest BCUT2D eigenvalue weighted by atomic mass is 10.2. The van der Waals surface area contributed by atoms with Gasteiger partial charge in [-0.3, -0.25) is 14.8 Å². The summed E-state index contributed by atoms with van der Waals surface area (Å²) in [5.41, 5.74) is 3.02. The summed E-state index contributed by atoms with van der Waals surface area (Å²) in [4.78, 5) is 10.7. The molecule has 20 heavy (non-hydrogen) atoms. The van der Waals surface area contributed by atoms with Gasteiger partial charge in [-0.2, -0.15) is 5.10 Å². The van der Waals surface area contributed by atoms with E-state index in [9.17, 15) is 10.1 Å². The van der Waals surface area contributed by atoms with Gasteiger partial charge < -0.3 is 4.57 Å². The summed E-state index contributed by atoms with van der Waals surface area (Å²) < 4.78 is 3.83. The monoisotopic (exact) mass is 270 g/mol. The van der Waals surface area contributed by atoms with Gasteiger partial charge in [0.1, 0.15) is 0 Å². The largest absolute Gasteiger partial charge is 0.341 e. The van der Waals surface area contributed by atoms with Gasteiger partial charge in [0, 0.05) is 19.3 Å². The summed E-state index contributed by atoms with van der Waals surface area (Å²) in [6.45, 7) is 2.59. The van der Waals surface area contributed by atoms with E-state index >= 15 is 0 Å². The number of aromatic nitrogens is 3. The minimum Gasteiger partial charge on any atom is -0.341 e. The molecule has 0 bridgehead atoms. The van der Waals surface area contributed by atoms with Crippen LogP contribution in [0.1, 0.15) is 11.4 Å². The average molecular weight is 270 g/mol. The molecule has 0 unspecified atom stereocenters. The summed E-state index contributed by atoms with van der Waals surface area (Å²) in [6, 6.07) is 8.94. The highest BCUT2D eigenvalue weighted by atomic mass is 16.6. The third-order valence-electron chi connectivity index (χ3n) is 3.42. The van der Waals surface area contributed by atoms with E-state index in [1.165, 1.54) is 6.07 Å². The number of nitrogens with zero attached hydrogens (tertiary/aromatic N) is 4. The third kappa shape index (κ3) is 1.95. The second kappa shape index (κ2) is 4.48. The number of nitro groups is 1. The molecule has 1 aromatic carbocycles. The third-order valence-corrected chi connectivity index (χ3v) is 3.42. The fourth-order valence-corrected chi connectivity index (χ4v) is 2.49. The van der Waals surface area contributed by atoms with Crippen LogP contribution < -0.4 is 0 Å². The van der Waals surface area contributed by atoms with Gasteiger partial charge >= 0.3 is 0 Å². The zero-order valence-electron chi connectivity index (χ0n) is 11.3. The second-order valence-corrected chi connectivity index (χ2v) is 4.81. The first-order valence-electron chi connectivity index (χ1n) is 6.28. The van der Waals surface area contributed by atoms with Crippen LogP contribution in [0.4, 0.5) is 5.69 Å². The summed E-state index contributed by atoms with van der Waals surface area (Å²) in [5, 5.41) is 16.0. The molecule has 102 valence electrons. The van der Waals surface area contributed by atoms with E-state index in [-0.39, 0.29) is 10.6 Å². The predicted molar refractivity (Wildman–Crippen MR) is 75.6 cm³/mol. The fourth-order valence-electron chi connectivity index (χ4n) is 2.49. The molecule has 3 rings (SSSR count). The first-order valence-corrected chi connectivity index (χ1v) is 6.28. The van der Waals surface area contributed by atoms with Crippen LogP contribution in [0, 0.1) is 17.0 Å². The summed E-state index contributed by atoms with van der Waals surface area (Å²) in [6.07, 6.45) is 1.88. The van der Waals surface area contributed by atoms with E-state index in [4.69, 9.17) is 0 Å². The molecule has 0 radical (unpaired) electrons. The van der Waals surface area contributed by atoms with Crippen molar-refractivity contribution in [1.29, 1.82) is 0 Å². The Bertz CT molecular complexity index is 801. The quantitative estimate of drug-likeness (QED) is 0.543. The number of hydrogen-bond donors (Lipinski definition) is 0. The predicted octanol–water partition coefficient (Wildman–Crippen LogP) is 2.64. The molecule has 6 nitrogen and oxygen atoms in total. The molecule has 0 aliphatic carbocycles. The molecule has 0 saturated carbocycles. The first kappa shape index (κ1) is 12.4. The van der Waals surface area contributed by atoms with Gasteiger partial charge in [0.2, 0.25) is 0 Å². The molecule has 0 spiro atoms. The smallest absolute Gasteiger partial charge is 0.278 e. The highest BCUT2D eigenvalue weighted by molar-refractivity contribution is 5.89. The standard InChI is InChI=1S/C14H14N4O2/c1-10-8-11(16(2)15-10)9-17-7-6-12-13(17)4-3-5-14(12)18(19)20/h3-8H,9H2,1-2H3. The van der Waals surface area contributed by atoms with Crippen molar-refractivity contribution < 1.29 is 4.92 Å². The molecule has 0 aliphatic rings. The molecule has 0 fully saturated rings. The maximum absolute atomic E-state index is 11.0. The molecule has 0 saturated heterocycles. The maximum atomic E-state index is 11.0. The Labute approximate surface area is 115 Å². The minimum absolute atomic E-state index is 0.141. The Morgan fingerprint density at radius 2 is 2.15 bits per heavy atom. The van der Waals surface area contributed by atoms with Crippen molar-refractivity contribution in [3.8, 4) is 0 Å². The van der Waals surface area contributed by atoms with Crippen LogP contribution in [0.15, 0.2) is 36.5 Å². The van der Waals surface area contributed by atoms with Gasteiger partial charge in [-0.25, -0.2) is 0 Å². The molecule has 0 amide bonds. The van der Waals surface area contributed by atoms with E-state index in [2.05, 4.69) is 5.10 Å². The SMILES string of the molecule is Cc1cc(Cn2ccc3c([N+](=O)[O-])cccc32)n(C)n1.